The minimum atomic E-state index is 0.173. The number of nitrogen functional groups attached to an aromatic ring is 1. The molecule has 0 amide bonds. The third-order valence-electron chi connectivity index (χ3n) is 2.51. The predicted octanol–water partition coefficient (Wildman–Crippen LogP) is 2.21. The summed E-state index contributed by atoms with van der Waals surface area (Å²) < 4.78 is 10.7. The zero-order valence-electron chi connectivity index (χ0n) is 10.6. The fourth-order valence-corrected chi connectivity index (χ4v) is 1.54. The summed E-state index contributed by atoms with van der Waals surface area (Å²) in [6.45, 7) is 0. The summed E-state index contributed by atoms with van der Waals surface area (Å²) in [6, 6.07) is 10.2. The molecule has 2 aromatic rings. The highest BCUT2D eigenvalue weighted by atomic mass is 16.5. The van der Waals surface area contributed by atoms with Crippen molar-refractivity contribution in [2.24, 2.45) is 0 Å². The van der Waals surface area contributed by atoms with Gasteiger partial charge in [0.25, 0.3) is 0 Å². The zero-order chi connectivity index (χ0) is 14.5. The van der Waals surface area contributed by atoms with E-state index in [1.165, 1.54) is 19.4 Å². The van der Waals surface area contributed by atoms with E-state index in [4.69, 9.17) is 25.7 Å². The summed E-state index contributed by atoms with van der Waals surface area (Å²) in [5.74, 6) is 0.956. The lowest BCUT2D eigenvalue weighted by atomic mass is 10.2. The molecule has 0 saturated heterocycles. The number of ether oxygens (including phenoxy) is 2. The number of rotatable bonds is 3. The standard InChI is InChI=1S/C14H10N4O2/c1-19-13-5-9(6-15)2-3-12(13)20-14-11(17)4-10(7-16)8-18-14/h2-5,8H,17H2,1H3. The largest absolute Gasteiger partial charge is 0.493 e. The first-order chi connectivity index (χ1) is 9.67. The average Bonchev–Trinajstić information content (AvgIpc) is 2.49. The number of aromatic nitrogens is 1. The number of pyridine rings is 1. The molecule has 98 valence electrons. The van der Waals surface area contributed by atoms with Gasteiger partial charge in [-0.25, -0.2) is 4.98 Å². The number of benzene rings is 1. The van der Waals surface area contributed by atoms with Crippen LogP contribution in [0.15, 0.2) is 30.5 Å². The van der Waals surface area contributed by atoms with E-state index in [0.29, 0.717) is 22.6 Å². The van der Waals surface area contributed by atoms with Gasteiger partial charge in [0.05, 0.1) is 30.0 Å². The summed E-state index contributed by atoms with van der Waals surface area (Å²) in [5.41, 5.74) is 6.81. The molecule has 0 radical (unpaired) electrons. The smallest absolute Gasteiger partial charge is 0.242 e. The van der Waals surface area contributed by atoms with Gasteiger partial charge in [0.1, 0.15) is 6.07 Å². The van der Waals surface area contributed by atoms with Crippen molar-refractivity contribution in [1.29, 1.82) is 10.5 Å². The van der Waals surface area contributed by atoms with Crippen molar-refractivity contribution in [3.8, 4) is 29.5 Å². The van der Waals surface area contributed by atoms with Gasteiger partial charge in [0.15, 0.2) is 11.5 Å². The van der Waals surface area contributed by atoms with Gasteiger partial charge >= 0.3 is 0 Å². The lowest BCUT2D eigenvalue weighted by Gasteiger charge is -2.11. The Labute approximate surface area is 115 Å². The molecule has 0 spiro atoms. The van der Waals surface area contributed by atoms with Crippen molar-refractivity contribution in [3.63, 3.8) is 0 Å². The van der Waals surface area contributed by atoms with Gasteiger partial charge < -0.3 is 15.2 Å². The minimum Gasteiger partial charge on any atom is -0.493 e. The molecule has 0 aliphatic carbocycles. The minimum absolute atomic E-state index is 0.173. The average molecular weight is 266 g/mol. The van der Waals surface area contributed by atoms with Gasteiger partial charge in [0, 0.05) is 12.3 Å². The molecule has 2 rings (SSSR count). The Balaban J connectivity index is 2.35. The Morgan fingerprint density at radius 2 is 1.85 bits per heavy atom. The van der Waals surface area contributed by atoms with E-state index in [2.05, 4.69) is 4.98 Å². The molecular weight excluding hydrogens is 256 g/mol. The van der Waals surface area contributed by atoms with Crippen LogP contribution in [-0.2, 0) is 0 Å². The van der Waals surface area contributed by atoms with Crippen molar-refractivity contribution >= 4 is 5.69 Å². The van der Waals surface area contributed by atoms with Crippen LogP contribution < -0.4 is 15.2 Å². The first-order valence-electron chi connectivity index (χ1n) is 5.59. The van der Waals surface area contributed by atoms with Gasteiger partial charge in [-0.1, -0.05) is 0 Å². The van der Waals surface area contributed by atoms with Crippen LogP contribution in [0, 0.1) is 22.7 Å². The second kappa shape index (κ2) is 5.59. The van der Waals surface area contributed by atoms with Crippen LogP contribution in [-0.4, -0.2) is 12.1 Å². The maximum absolute atomic E-state index is 8.83. The van der Waals surface area contributed by atoms with E-state index in [-0.39, 0.29) is 11.6 Å². The van der Waals surface area contributed by atoms with Crippen LogP contribution in [0.5, 0.6) is 17.4 Å². The molecule has 0 atom stereocenters. The van der Waals surface area contributed by atoms with E-state index in [1.807, 2.05) is 12.1 Å². The van der Waals surface area contributed by atoms with E-state index < -0.39 is 0 Å². The number of hydrogen-bond acceptors (Lipinski definition) is 6. The Kier molecular flexibility index (Phi) is 3.69. The van der Waals surface area contributed by atoms with Crippen LogP contribution >= 0.6 is 0 Å². The summed E-state index contributed by atoms with van der Waals surface area (Å²) in [6.07, 6.45) is 1.36. The van der Waals surface area contributed by atoms with Gasteiger partial charge in [-0.3, -0.25) is 0 Å². The van der Waals surface area contributed by atoms with Gasteiger partial charge in [-0.2, -0.15) is 10.5 Å². The topological polar surface area (TPSA) is 105 Å². The lowest BCUT2D eigenvalue weighted by Crippen LogP contribution is -1.97. The number of anilines is 1. The first kappa shape index (κ1) is 13.2. The fraction of sp³-hybridized carbons (Fsp3) is 0.0714. The number of hydrogen-bond donors (Lipinski definition) is 1. The molecule has 1 heterocycles. The molecule has 0 saturated carbocycles. The van der Waals surface area contributed by atoms with E-state index in [0.717, 1.165) is 0 Å². The van der Waals surface area contributed by atoms with Crippen molar-refractivity contribution in [3.05, 3.63) is 41.6 Å². The van der Waals surface area contributed by atoms with E-state index in [9.17, 15) is 0 Å². The van der Waals surface area contributed by atoms with Crippen molar-refractivity contribution in [1.82, 2.24) is 4.98 Å². The monoisotopic (exact) mass is 266 g/mol. The molecule has 20 heavy (non-hydrogen) atoms. The Bertz CT molecular complexity index is 729. The number of methoxy groups -OCH3 is 1. The Hall–Kier alpha value is -3.25. The highest BCUT2D eigenvalue weighted by molar-refractivity contribution is 5.55. The summed E-state index contributed by atoms with van der Waals surface area (Å²) in [5, 5.41) is 17.6. The Morgan fingerprint density at radius 1 is 1.10 bits per heavy atom. The van der Waals surface area contributed by atoms with E-state index >= 15 is 0 Å². The molecular formula is C14H10N4O2. The quantitative estimate of drug-likeness (QED) is 0.913. The maximum Gasteiger partial charge on any atom is 0.242 e. The molecule has 0 bridgehead atoms. The van der Waals surface area contributed by atoms with Crippen LogP contribution in [0.4, 0.5) is 5.69 Å². The van der Waals surface area contributed by atoms with Crippen LogP contribution in [0.1, 0.15) is 11.1 Å². The number of nitrogens with two attached hydrogens (primary N) is 1. The van der Waals surface area contributed by atoms with Crippen LogP contribution in [0.3, 0.4) is 0 Å². The summed E-state index contributed by atoms with van der Waals surface area (Å²) in [4.78, 5) is 3.97. The van der Waals surface area contributed by atoms with Crippen LogP contribution in [0.2, 0.25) is 0 Å². The third kappa shape index (κ3) is 2.60. The van der Waals surface area contributed by atoms with Crippen molar-refractivity contribution in [2.45, 2.75) is 0 Å². The first-order valence-corrected chi connectivity index (χ1v) is 5.59. The second-order valence-corrected chi connectivity index (χ2v) is 3.81. The van der Waals surface area contributed by atoms with Gasteiger partial charge in [-0.15, -0.1) is 0 Å². The third-order valence-corrected chi connectivity index (χ3v) is 2.51. The molecule has 2 N–H and O–H groups in total. The molecule has 1 aromatic carbocycles. The second-order valence-electron chi connectivity index (χ2n) is 3.81. The number of nitrogens with zero attached hydrogens (tertiary/aromatic N) is 3. The highest BCUT2D eigenvalue weighted by Gasteiger charge is 2.10. The summed E-state index contributed by atoms with van der Waals surface area (Å²) in [7, 11) is 1.47. The molecule has 6 nitrogen and oxygen atoms in total. The zero-order valence-corrected chi connectivity index (χ0v) is 10.6. The molecule has 0 aliphatic rings. The predicted molar refractivity (Wildman–Crippen MR) is 71.1 cm³/mol. The fourth-order valence-electron chi connectivity index (χ4n) is 1.54. The van der Waals surface area contributed by atoms with Crippen molar-refractivity contribution in [2.75, 3.05) is 12.8 Å². The molecule has 0 aliphatic heterocycles. The molecule has 6 heteroatoms. The van der Waals surface area contributed by atoms with Gasteiger partial charge in [-0.05, 0) is 18.2 Å². The van der Waals surface area contributed by atoms with Gasteiger partial charge in [0.2, 0.25) is 5.88 Å². The summed E-state index contributed by atoms with van der Waals surface area (Å²) >= 11 is 0. The SMILES string of the molecule is COc1cc(C#N)ccc1Oc1ncc(C#N)cc1N. The van der Waals surface area contributed by atoms with Crippen molar-refractivity contribution < 1.29 is 9.47 Å². The highest BCUT2D eigenvalue weighted by Crippen LogP contribution is 2.33. The molecule has 0 fully saturated rings. The molecule has 0 unspecified atom stereocenters. The normalized spacial score (nSPS) is 9.35. The maximum atomic E-state index is 8.83. The van der Waals surface area contributed by atoms with Crippen LogP contribution in [0.25, 0.3) is 0 Å². The lowest BCUT2D eigenvalue weighted by molar-refractivity contribution is 0.375. The Morgan fingerprint density at radius 3 is 2.45 bits per heavy atom. The van der Waals surface area contributed by atoms with E-state index in [1.54, 1.807) is 18.2 Å². The molecule has 1 aromatic heterocycles. The number of nitriles is 2.